The number of nitrogens with two attached hydrogens (primary N) is 1. The Labute approximate surface area is 122 Å². The average Bonchev–Trinajstić information content (AvgIpc) is 2.48. The van der Waals surface area contributed by atoms with Crippen LogP contribution in [0.4, 0.5) is 5.69 Å². The molecule has 0 atom stereocenters. The number of benzene rings is 2. The Morgan fingerprint density at radius 3 is 2.80 bits per heavy atom. The summed E-state index contributed by atoms with van der Waals surface area (Å²) in [5.74, 6) is 0.692. The van der Waals surface area contributed by atoms with Gasteiger partial charge in [-0.1, -0.05) is 35.9 Å². The SMILES string of the molecule is Nc1ccc(OCc2cccc3cccnc23)cc1Cl. The van der Waals surface area contributed by atoms with Crippen LogP contribution in [-0.2, 0) is 6.61 Å². The third-order valence-corrected chi connectivity index (χ3v) is 3.41. The maximum atomic E-state index is 5.97. The van der Waals surface area contributed by atoms with Gasteiger partial charge in [-0.2, -0.15) is 0 Å². The first kappa shape index (κ1) is 12.8. The van der Waals surface area contributed by atoms with Crippen LogP contribution in [0.2, 0.25) is 5.02 Å². The number of pyridine rings is 1. The molecule has 1 aromatic heterocycles. The van der Waals surface area contributed by atoms with Crippen molar-refractivity contribution in [2.45, 2.75) is 6.61 Å². The van der Waals surface area contributed by atoms with Gasteiger partial charge in [0.15, 0.2) is 0 Å². The van der Waals surface area contributed by atoms with Crippen LogP contribution in [0.25, 0.3) is 10.9 Å². The Kier molecular flexibility index (Phi) is 3.44. The van der Waals surface area contributed by atoms with Gasteiger partial charge in [0.1, 0.15) is 12.4 Å². The number of halogens is 1. The molecule has 2 aromatic carbocycles. The summed E-state index contributed by atoms with van der Waals surface area (Å²) < 4.78 is 5.76. The molecular weight excluding hydrogens is 272 g/mol. The molecule has 4 heteroatoms. The molecule has 3 aromatic rings. The largest absolute Gasteiger partial charge is 0.489 e. The first-order chi connectivity index (χ1) is 9.74. The van der Waals surface area contributed by atoms with Crippen LogP contribution in [0.15, 0.2) is 54.7 Å². The summed E-state index contributed by atoms with van der Waals surface area (Å²) in [4.78, 5) is 4.40. The summed E-state index contributed by atoms with van der Waals surface area (Å²) in [6.07, 6.45) is 1.78. The lowest BCUT2D eigenvalue weighted by Gasteiger charge is -2.09. The van der Waals surface area contributed by atoms with Crippen molar-refractivity contribution in [1.29, 1.82) is 0 Å². The van der Waals surface area contributed by atoms with Crippen molar-refractivity contribution in [3.8, 4) is 5.75 Å². The standard InChI is InChI=1S/C16H13ClN2O/c17-14-9-13(6-7-15(14)18)20-10-12-4-1-3-11-5-2-8-19-16(11)12/h1-9H,10,18H2. The number of hydrogen-bond donors (Lipinski definition) is 1. The number of aromatic nitrogens is 1. The van der Waals surface area contributed by atoms with Gasteiger partial charge in [0.25, 0.3) is 0 Å². The van der Waals surface area contributed by atoms with Crippen molar-refractivity contribution in [2.24, 2.45) is 0 Å². The number of ether oxygens (including phenoxy) is 1. The second-order valence-corrected chi connectivity index (χ2v) is 4.87. The summed E-state index contributed by atoms with van der Waals surface area (Å²) in [5, 5.41) is 1.60. The molecule has 0 aliphatic carbocycles. The fraction of sp³-hybridized carbons (Fsp3) is 0.0625. The van der Waals surface area contributed by atoms with Crippen molar-refractivity contribution in [1.82, 2.24) is 4.98 Å². The van der Waals surface area contributed by atoms with Gasteiger partial charge in [0.2, 0.25) is 0 Å². The van der Waals surface area contributed by atoms with E-state index in [1.54, 1.807) is 24.4 Å². The van der Waals surface area contributed by atoms with Crippen LogP contribution in [0, 0.1) is 0 Å². The van der Waals surface area contributed by atoms with E-state index in [1.165, 1.54) is 0 Å². The molecule has 0 fully saturated rings. The summed E-state index contributed by atoms with van der Waals surface area (Å²) in [6, 6.07) is 15.3. The number of rotatable bonds is 3. The van der Waals surface area contributed by atoms with E-state index in [0.29, 0.717) is 23.1 Å². The number of fused-ring (bicyclic) bond motifs is 1. The number of para-hydroxylation sites is 1. The zero-order chi connectivity index (χ0) is 13.9. The van der Waals surface area contributed by atoms with Crippen molar-refractivity contribution >= 4 is 28.2 Å². The molecule has 1 heterocycles. The van der Waals surface area contributed by atoms with Crippen molar-refractivity contribution < 1.29 is 4.74 Å². The van der Waals surface area contributed by atoms with E-state index < -0.39 is 0 Å². The lowest BCUT2D eigenvalue weighted by molar-refractivity contribution is 0.307. The minimum Gasteiger partial charge on any atom is -0.489 e. The van der Waals surface area contributed by atoms with Crippen LogP contribution >= 0.6 is 11.6 Å². The second-order valence-electron chi connectivity index (χ2n) is 4.46. The molecule has 0 aliphatic rings. The minimum absolute atomic E-state index is 0.439. The van der Waals surface area contributed by atoms with Gasteiger partial charge in [-0.3, -0.25) is 4.98 Å². The maximum Gasteiger partial charge on any atom is 0.121 e. The highest BCUT2D eigenvalue weighted by Crippen LogP contribution is 2.25. The molecule has 0 saturated carbocycles. The van der Waals surface area contributed by atoms with Crippen LogP contribution < -0.4 is 10.5 Å². The molecule has 0 saturated heterocycles. The zero-order valence-electron chi connectivity index (χ0n) is 10.7. The summed E-state index contributed by atoms with van der Waals surface area (Å²) in [5.41, 5.74) is 8.21. The van der Waals surface area contributed by atoms with Crippen LogP contribution in [0.1, 0.15) is 5.56 Å². The van der Waals surface area contributed by atoms with Crippen LogP contribution in [-0.4, -0.2) is 4.98 Å². The highest BCUT2D eigenvalue weighted by molar-refractivity contribution is 6.33. The molecule has 0 spiro atoms. The van der Waals surface area contributed by atoms with Crippen molar-refractivity contribution in [2.75, 3.05) is 5.73 Å². The van der Waals surface area contributed by atoms with E-state index in [9.17, 15) is 0 Å². The van der Waals surface area contributed by atoms with Crippen molar-refractivity contribution in [3.63, 3.8) is 0 Å². The van der Waals surface area contributed by atoms with E-state index >= 15 is 0 Å². The van der Waals surface area contributed by atoms with E-state index in [0.717, 1.165) is 16.5 Å². The number of anilines is 1. The molecule has 0 radical (unpaired) electrons. The van der Waals surface area contributed by atoms with E-state index in [1.807, 2.05) is 30.3 Å². The second kappa shape index (κ2) is 5.39. The molecule has 0 unspecified atom stereocenters. The van der Waals surface area contributed by atoms with Gasteiger partial charge in [-0.25, -0.2) is 0 Å². The van der Waals surface area contributed by atoms with Crippen molar-refractivity contribution in [3.05, 3.63) is 65.3 Å². The van der Waals surface area contributed by atoms with Crippen LogP contribution in [0.5, 0.6) is 5.75 Å². The lowest BCUT2D eigenvalue weighted by atomic mass is 10.1. The number of nitrogen functional groups attached to an aromatic ring is 1. The van der Waals surface area contributed by atoms with E-state index in [2.05, 4.69) is 4.98 Å². The molecule has 20 heavy (non-hydrogen) atoms. The summed E-state index contributed by atoms with van der Waals surface area (Å²) in [7, 11) is 0. The van der Waals surface area contributed by atoms with Crippen LogP contribution in [0.3, 0.4) is 0 Å². The Bertz CT molecular complexity index is 753. The normalized spacial score (nSPS) is 10.7. The molecule has 3 nitrogen and oxygen atoms in total. The van der Waals surface area contributed by atoms with Gasteiger partial charge < -0.3 is 10.5 Å². The Hall–Kier alpha value is -2.26. The average molecular weight is 285 g/mol. The summed E-state index contributed by atoms with van der Waals surface area (Å²) in [6.45, 7) is 0.439. The lowest BCUT2D eigenvalue weighted by Crippen LogP contribution is -1.98. The van der Waals surface area contributed by atoms with Gasteiger partial charge in [0, 0.05) is 23.2 Å². The molecule has 0 amide bonds. The highest BCUT2D eigenvalue weighted by atomic mass is 35.5. The quantitative estimate of drug-likeness (QED) is 0.738. The maximum absolute atomic E-state index is 5.97. The third-order valence-electron chi connectivity index (χ3n) is 3.08. The summed E-state index contributed by atoms with van der Waals surface area (Å²) >= 11 is 5.97. The van der Waals surface area contributed by atoms with E-state index in [4.69, 9.17) is 22.1 Å². The zero-order valence-corrected chi connectivity index (χ0v) is 11.5. The predicted octanol–water partition coefficient (Wildman–Crippen LogP) is 4.05. The molecule has 2 N–H and O–H groups in total. The Morgan fingerprint density at radius 1 is 1.10 bits per heavy atom. The molecule has 3 rings (SSSR count). The van der Waals surface area contributed by atoms with E-state index in [-0.39, 0.29) is 0 Å². The first-order valence-electron chi connectivity index (χ1n) is 6.24. The van der Waals surface area contributed by atoms with Gasteiger partial charge >= 0.3 is 0 Å². The number of hydrogen-bond acceptors (Lipinski definition) is 3. The monoisotopic (exact) mass is 284 g/mol. The molecule has 0 bridgehead atoms. The Balaban J connectivity index is 1.85. The smallest absolute Gasteiger partial charge is 0.121 e. The molecule has 100 valence electrons. The molecular formula is C16H13ClN2O. The first-order valence-corrected chi connectivity index (χ1v) is 6.62. The third kappa shape index (κ3) is 2.53. The fourth-order valence-corrected chi connectivity index (χ4v) is 2.21. The van der Waals surface area contributed by atoms with Gasteiger partial charge in [-0.15, -0.1) is 0 Å². The fourth-order valence-electron chi connectivity index (χ4n) is 2.04. The highest BCUT2D eigenvalue weighted by Gasteiger charge is 2.04. The Morgan fingerprint density at radius 2 is 1.95 bits per heavy atom. The topological polar surface area (TPSA) is 48.1 Å². The predicted molar refractivity (Wildman–Crippen MR) is 81.9 cm³/mol. The number of nitrogens with zero attached hydrogens (tertiary/aromatic N) is 1. The molecule has 0 aliphatic heterocycles. The minimum atomic E-state index is 0.439. The van der Waals surface area contributed by atoms with Gasteiger partial charge in [-0.05, 0) is 18.2 Å². The van der Waals surface area contributed by atoms with Gasteiger partial charge in [0.05, 0.1) is 16.2 Å².